The standard InChI is InChI=1S/C13H15NO2/c1-3-4-9-7-14-12-5-8(2)10(13(15)16)6-11(9)12/h5-7,14H,3-4H2,1-2H3,(H,15,16). The van der Waals surface area contributed by atoms with Gasteiger partial charge in [0.25, 0.3) is 0 Å². The number of hydrogen-bond acceptors (Lipinski definition) is 1. The summed E-state index contributed by atoms with van der Waals surface area (Å²) in [4.78, 5) is 14.2. The lowest BCUT2D eigenvalue weighted by atomic mass is 10.0. The molecule has 0 amide bonds. The van der Waals surface area contributed by atoms with Gasteiger partial charge >= 0.3 is 5.97 Å². The number of aromatic carboxylic acids is 1. The molecule has 0 spiro atoms. The van der Waals surface area contributed by atoms with Crippen LogP contribution in [0.5, 0.6) is 0 Å². The minimum absolute atomic E-state index is 0.393. The van der Waals surface area contributed by atoms with Crippen LogP contribution in [0.15, 0.2) is 18.3 Å². The number of rotatable bonds is 3. The zero-order valence-corrected chi connectivity index (χ0v) is 9.50. The molecule has 1 aromatic heterocycles. The van der Waals surface area contributed by atoms with E-state index in [1.165, 1.54) is 5.56 Å². The molecule has 0 saturated carbocycles. The molecule has 0 radical (unpaired) electrons. The molecule has 1 heterocycles. The number of carboxylic acid groups (broad SMARTS) is 1. The fraction of sp³-hybridized carbons (Fsp3) is 0.308. The minimum Gasteiger partial charge on any atom is -0.478 e. The zero-order valence-electron chi connectivity index (χ0n) is 9.50. The van der Waals surface area contributed by atoms with Crippen LogP contribution in [-0.2, 0) is 6.42 Å². The van der Waals surface area contributed by atoms with E-state index in [0.29, 0.717) is 5.56 Å². The summed E-state index contributed by atoms with van der Waals surface area (Å²) in [6.45, 7) is 3.94. The van der Waals surface area contributed by atoms with Gasteiger partial charge in [-0.3, -0.25) is 0 Å². The molecule has 84 valence electrons. The maximum atomic E-state index is 11.0. The third-order valence-electron chi connectivity index (χ3n) is 2.86. The number of H-pyrrole nitrogens is 1. The molecular formula is C13H15NO2. The van der Waals surface area contributed by atoms with Crippen molar-refractivity contribution in [3.05, 3.63) is 35.0 Å². The fourth-order valence-electron chi connectivity index (χ4n) is 2.04. The average molecular weight is 217 g/mol. The van der Waals surface area contributed by atoms with Gasteiger partial charge in [0.05, 0.1) is 5.56 Å². The van der Waals surface area contributed by atoms with Crippen LogP contribution in [-0.4, -0.2) is 16.1 Å². The summed E-state index contributed by atoms with van der Waals surface area (Å²) in [5.41, 5.74) is 3.40. The number of aromatic nitrogens is 1. The molecule has 0 bridgehead atoms. The van der Waals surface area contributed by atoms with Crippen molar-refractivity contribution in [3.8, 4) is 0 Å². The Morgan fingerprint density at radius 2 is 2.19 bits per heavy atom. The molecule has 2 N–H and O–H groups in total. The van der Waals surface area contributed by atoms with Crippen molar-refractivity contribution in [2.45, 2.75) is 26.7 Å². The van der Waals surface area contributed by atoms with Gasteiger partial charge in [0.2, 0.25) is 0 Å². The van der Waals surface area contributed by atoms with E-state index in [4.69, 9.17) is 5.11 Å². The number of benzene rings is 1. The van der Waals surface area contributed by atoms with Gasteiger partial charge in [0.15, 0.2) is 0 Å². The number of aromatic amines is 1. The molecule has 0 fully saturated rings. The highest BCUT2D eigenvalue weighted by Crippen LogP contribution is 2.23. The van der Waals surface area contributed by atoms with E-state index in [1.54, 1.807) is 6.07 Å². The summed E-state index contributed by atoms with van der Waals surface area (Å²) >= 11 is 0. The van der Waals surface area contributed by atoms with Crippen LogP contribution >= 0.6 is 0 Å². The first-order valence-corrected chi connectivity index (χ1v) is 5.47. The molecule has 0 unspecified atom stereocenters. The van der Waals surface area contributed by atoms with Gasteiger partial charge in [0, 0.05) is 17.1 Å². The van der Waals surface area contributed by atoms with Crippen LogP contribution in [0.2, 0.25) is 0 Å². The smallest absolute Gasteiger partial charge is 0.335 e. The molecule has 3 nitrogen and oxygen atoms in total. The second kappa shape index (κ2) is 4.00. The third-order valence-corrected chi connectivity index (χ3v) is 2.86. The largest absolute Gasteiger partial charge is 0.478 e. The topological polar surface area (TPSA) is 53.1 Å². The Kier molecular flexibility index (Phi) is 2.69. The van der Waals surface area contributed by atoms with Gasteiger partial charge < -0.3 is 10.1 Å². The van der Waals surface area contributed by atoms with Crippen LogP contribution in [0.1, 0.15) is 34.8 Å². The van der Waals surface area contributed by atoms with Gasteiger partial charge in [0.1, 0.15) is 0 Å². The second-order valence-corrected chi connectivity index (χ2v) is 4.08. The van der Waals surface area contributed by atoms with Gasteiger partial charge in [-0.25, -0.2) is 4.79 Å². The molecule has 2 aromatic rings. The lowest BCUT2D eigenvalue weighted by Gasteiger charge is -2.02. The van der Waals surface area contributed by atoms with Crippen LogP contribution in [0.25, 0.3) is 10.9 Å². The van der Waals surface area contributed by atoms with E-state index in [0.717, 1.165) is 29.3 Å². The van der Waals surface area contributed by atoms with Crippen LogP contribution in [0.4, 0.5) is 0 Å². The summed E-state index contributed by atoms with van der Waals surface area (Å²) in [5, 5.41) is 10.1. The highest BCUT2D eigenvalue weighted by atomic mass is 16.4. The Labute approximate surface area is 94.1 Å². The molecule has 0 aliphatic carbocycles. The molecule has 1 aromatic carbocycles. The van der Waals surface area contributed by atoms with E-state index < -0.39 is 5.97 Å². The van der Waals surface area contributed by atoms with Gasteiger partial charge in [-0.2, -0.15) is 0 Å². The Balaban J connectivity index is 2.64. The van der Waals surface area contributed by atoms with Crippen molar-refractivity contribution in [3.63, 3.8) is 0 Å². The fourth-order valence-corrected chi connectivity index (χ4v) is 2.04. The normalized spacial score (nSPS) is 10.9. The first-order valence-electron chi connectivity index (χ1n) is 5.47. The molecule has 16 heavy (non-hydrogen) atoms. The maximum absolute atomic E-state index is 11.0. The molecule has 3 heteroatoms. The van der Waals surface area contributed by atoms with Crippen molar-refractivity contribution in [2.75, 3.05) is 0 Å². The van der Waals surface area contributed by atoms with Crippen molar-refractivity contribution in [1.29, 1.82) is 0 Å². The Hall–Kier alpha value is -1.77. The van der Waals surface area contributed by atoms with E-state index >= 15 is 0 Å². The number of carboxylic acids is 1. The summed E-state index contributed by atoms with van der Waals surface area (Å²) in [7, 11) is 0. The highest BCUT2D eigenvalue weighted by molar-refractivity contribution is 5.96. The molecule has 2 rings (SSSR count). The molecule has 0 aliphatic rings. The van der Waals surface area contributed by atoms with Gasteiger partial charge in [-0.1, -0.05) is 13.3 Å². The summed E-state index contributed by atoms with van der Waals surface area (Å²) in [5.74, 6) is -0.858. The van der Waals surface area contributed by atoms with Gasteiger partial charge in [-0.15, -0.1) is 0 Å². The molecule has 0 saturated heterocycles. The van der Waals surface area contributed by atoms with E-state index in [9.17, 15) is 4.79 Å². The third kappa shape index (κ3) is 1.69. The monoisotopic (exact) mass is 217 g/mol. The Morgan fingerprint density at radius 1 is 1.44 bits per heavy atom. The number of hydrogen-bond donors (Lipinski definition) is 2. The summed E-state index contributed by atoms with van der Waals surface area (Å²) in [6.07, 6.45) is 4.00. The molecule has 0 atom stereocenters. The average Bonchev–Trinajstić information content (AvgIpc) is 2.60. The van der Waals surface area contributed by atoms with Crippen molar-refractivity contribution in [2.24, 2.45) is 0 Å². The summed E-state index contributed by atoms with van der Waals surface area (Å²) < 4.78 is 0. The zero-order chi connectivity index (χ0) is 11.7. The number of carbonyl (C=O) groups is 1. The first kappa shape index (κ1) is 10.7. The lowest BCUT2D eigenvalue weighted by molar-refractivity contribution is 0.0696. The Morgan fingerprint density at radius 3 is 2.81 bits per heavy atom. The lowest BCUT2D eigenvalue weighted by Crippen LogP contribution is -1.99. The molecular weight excluding hydrogens is 202 g/mol. The van der Waals surface area contributed by atoms with Crippen LogP contribution in [0.3, 0.4) is 0 Å². The number of aryl methyl sites for hydroxylation is 2. The highest BCUT2D eigenvalue weighted by Gasteiger charge is 2.11. The van der Waals surface area contributed by atoms with Gasteiger partial charge in [-0.05, 0) is 36.6 Å². The summed E-state index contributed by atoms with van der Waals surface area (Å²) in [6, 6.07) is 3.67. The predicted octanol–water partition coefficient (Wildman–Crippen LogP) is 3.13. The maximum Gasteiger partial charge on any atom is 0.335 e. The Bertz CT molecular complexity index is 540. The SMILES string of the molecule is CCCc1c[nH]c2cc(C)c(C(=O)O)cc12. The minimum atomic E-state index is -0.858. The number of nitrogens with one attached hydrogen (secondary N) is 1. The first-order chi connectivity index (χ1) is 7.63. The van der Waals surface area contributed by atoms with E-state index in [-0.39, 0.29) is 0 Å². The van der Waals surface area contributed by atoms with Crippen molar-refractivity contribution < 1.29 is 9.90 Å². The van der Waals surface area contributed by atoms with Crippen molar-refractivity contribution >= 4 is 16.9 Å². The van der Waals surface area contributed by atoms with Crippen molar-refractivity contribution in [1.82, 2.24) is 4.98 Å². The van der Waals surface area contributed by atoms with E-state index in [1.807, 2.05) is 19.2 Å². The second-order valence-electron chi connectivity index (χ2n) is 4.08. The van der Waals surface area contributed by atoms with Crippen LogP contribution < -0.4 is 0 Å². The molecule has 0 aliphatic heterocycles. The quantitative estimate of drug-likeness (QED) is 0.829. The van der Waals surface area contributed by atoms with E-state index in [2.05, 4.69) is 11.9 Å². The number of fused-ring (bicyclic) bond motifs is 1. The predicted molar refractivity (Wildman–Crippen MR) is 64.0 cm³/mol. The van der Waals surface area contributed by atoms with Crippen LogP contribution in [0, 0.1) is 6.92 Å².